The van der Waals surface area contributed by atoms with Gasteiger partial charge in [-0.3, -0.25) is 9.69 Å². The lowest BCUT2D eigenvalue weighted by Gasteiger charge is -2.27. The Labute approximate surface area is 103 Å². The van der Waals surface area contributed by atoms with Crippen LogP contribution in [0.15, 0.2) is 0 Å². The van der Waals surface area contributed by atoms with Gasteiger partial charge in [0.05, 0.1) is 13.2 Å². The van der Waals surface area contributed by atoms with Crippen molar-refractivity contribution in [3.05, 3.63) is 0 Å². The Morgan fingerprint density at radius 2 is 1.94 bits per heavy atom. The van der Waals surface area contributed by atoms with Crippen molar-refractivity contribution in [2.24, 2.45) is 0 Å². The maximum absolute atomic E-state index is 12.0. The van der Waals surface area contributed by atoms with Gasteiger partial charge in [0.2, 0.25) is 5.91 Å². The van der Waals surface area contributed by atoms with Gasteiger partial charge in [0.25, 0.3) is 0 Å². The molecule has 1 amide bonds. The molecule has 0 atom stereocenters. The van der Waals surface area contributed by atoms with Crippen molar-refractivity contribution in [1.29, 1.82) is 0 Å². The van der Waals surface area contributed by atoms with Crippen LogP contribution in [0.5, 0.6) is 0 Å². The second-order valence-corrected chi connectivity index (χ2v) is 4.69. The van der Waals surface area contributed by atoms with Gasteiger partial charge in [0.15, 0.2) is 0 Å². The molecule has 5 nitrogen and oxygen atoms in total. The minimum atomic E-state index is 0.306. The van der Waals surface area contributed by atoms with Crippen LogP contribution >= 0.6 is 0 Å². The van der Waals surface area contributed by atoms with Crippen molar-refractivity contribution in [3.63, 3.8) is 0 Å². The van der Waals surface area contributed by atoms with Gasteiger partial charge in [0.1, 0.15) is 0 Å². The first-order valence-corrected chi connectivity index (χ1v) is 6.65. The van der Waals surface area contributed by atoms with Gasteiger partial charge in [-0.2, -0.15) is 0 Å². The summed E-state index contributed by atoms with van der Waals surface area (Å²) < 4.78 is 5.29. The minimum Gasteiger partial charge on any atom is -0.379 e. The van der Waals surface area contributed by atoms with E-state index in [1.807, 2.05) is 4.90 Å². The number of hydrogen-bond acceptors (Lipinski definition) is 4. The van der Waals surface area contributed by atoms with E-state index in [4.69, 9.17) is 4.74 Å². The lowest BCUT2D eigenvalue weighted by Crippen LogP contribution is -2.40. The summed E-state index contributed by atoms with van der Waals surface area (Å²) in [4.78, 5) is 16.4. The molecule has 0 spiro atoms. The van der Waals surface area contributed by atoms with Crippen LogP contribution in [0.3, 0.4) is 0 Å². The SMILES string of the molecule is O=C(CCN1CCOCC1)N1CCCNCC1. The Morgan fingerprint density at radius 3 is 2.76 bits per heavy atom. The molecule has 0 aliphatic carbocycles. The van der Waals surface area contributed by atoms with Gasteiger partial charge in [0, 0.05) is 45.7 Å². The second kappa shape index (κ2) is 6.93. The Balaban J connectivity index is 1.68. The zero-order chi connectivity index (χ0) is 11.9. The first-order valence-electron chi connectivity index (χ1n) is 6.65. The number of rotatable bonds is 3. The Hall–Kier alpha value is -0.650. The summed E-state index contributed by atoms with van der Waals surface area (Å²) in [6.07, 6.45) is 1.73. The van der Waals surface area contributed by atoms with Gasteiger partial charge in [-0.25, -0.2) is 0 Å². The topological polar surface area (TPSA) is 44.8 Å². The number of ether oxygens (including phenoxy) is 1. The van der Waals surface area contributed by atoms with Gasteiger partial charge in [-0.15, -0.1) is 0 Å². The predicted octanol–water partition coefficient (Wildman–Crippen LogP) is -0.469. The molecule has 0 unspecified atom stereocenters. The number of nitrogens with zero attached hydrogens (tertiary/aromatic N) is 2. The third-order valence-electron chi connectivity index (χ3n) is 3.44. The molecular weight excluding hydrogens is 218 g/mol. The van der Waals surface area contributed by atoms with Gasteiger partial charge in [-0.05, 0) is 13.0 Å². The highest BCUT2D eigenvalue weighted by atomic mass is 16.5. The molecule has 2 heterocycles. The molecule has 2 rings (SSSR count). The van der Waals surface area contributed by atoms with Gasteiger partial charge < -0.3 is 15.0 Å². The normalized spacial score (nSPS) is 23.4. The summed E-state index contributed by atoms with van der Waals surface area (Å²) >= 11 is 0. The monoisotopic (exact) mass is 241 g/mol. The molecule has 0 aromatic carbocycles. The molecule has 2 aliphatic heterocycles. The van der Waals surface area contributed by atoms with E-state index in [1.54, 1.807) is 0 Å². The molecule has 1 N–H and O–H groups in total. The highest BCUT2D eigenvalue weighted by Crippen LogP contribution is 2.02. The summed E-state index contributed by atoms with van der Waals surface area (Å²) in [5, 5.41) is 3.32. The van der Waals surface area contributed by atoms with E-state index >= 15 is 0 Å². The van der Waals surface area contributed by atoms with Crippen LogP contribution in [0.4, 0.5) is 0 Å². The summed E-state index contributed by atoms with van der Waals surface area (Å²) in [6.45, 7) is 8.17. The molecule has 2 fully saturated rings. The fourth-order valence-electron chi connectivity index (χ4n) is 2.33. The molecule has 2 aliphatic rings. The van der Waals surface area contributed by atoms with Crippen molar-refractivity contribution in [3.8, 4) is 0 Å². The van der Waals surface area contributed by atoms with Crippen molar-refractivity contribution < 1.29 is 9.53 Å². The van der Waals surface area contributed by atoms with Crippen LogP contribution in [-0.4, -0.2) is 74.7 Å². The van der Waals surface area contributed by atoms with Crippen molar-refractivity contribution >= 4 is 5.91 Å². The van der Waals surface area contributed by atoms with Gasteiger partial charge >= 0.3 is 0 Å². The van der Waals surface area contributed by atoms with Gasteiger partial charge in [-0.1, -0.05) is 0 Å². The molecular formula is C12H23N3O2. The summed E-state index contributed by atoms with van der Waals surface area (Å²) in [5.41, 5.74) is 0. The third-order valence-corrected chi connectivity index (χ3v) is 3.44. The smallest absolute Gasteiger partial charge is 0.223 e. The third kappa shape index (κ3) is 4.26. The molecule has 98 valence electrons. The number of carbonyl (C=O) groups excluding carboxylic acids is 1. The molecule has 0 aromatic rings. The molecule has 2 saturated heterocycles. The van der Waals surface area contributed by atoms with Crippen LogP contribution in [0, 0.1) is 0 Å². The molecule has 17 heavy (non-hydrogen) atoms. The standard InChI is InChI=1S/C12H23N3O2/c16-12(15-5-1-3-13-4-7-15)2-6-14-8-10-17-11-9-14/h13H,1-11H2. The molecule has 5 heteroatoms. The van der Waals surface area contributed by atoms with E-state index in [0.29, 0.717) is 12.3 Å². The van der Waals surface area contributed by atoms with Crippen molar-refractivity contribution in [2.45, 2.75) is 12.8 Å². The van der Waals surface area contributed by atoms with Crippen LogP contribution in [0.25, 0.3) is 0 Å². The average molecular weight is 241 g/mol. The number of nitrogens with one attached hydrogen (secondary N) is 1. The maximum atomic E-state index is 12.0. The van der Waals surface area contributed by atoms with E-state index in [1.165, 1.54) is 0 Å². The quantitative estimate of drug-likeness (QED) is 0.725. The predicted molar refractivity (Wildman–Crippen MR) is 65.9 cm³/mol. The fourth-order valence-corrected chi connectivity index (χ4v) is 2.33. The van der Waals surface area contributed by atoms with Crippen molar-refractivity contribution in [1.82, 2.24) is 15.1 Å². The number of morpholine rings is 1. The lowest BCUT2D eigenvalue weighted by molar-refractivity contribution is -0.131. The second-order valence-electron chi connectivity index (χ2n) is 4.69. The Bertz CT molecular complexity index is 234. The Morgan fingerprint density at radius 1 is 1.12 bits per heavy atom. The number of amides is 1. The lowest BCUT2D eigenvalue weighted by atomic mass is 10.3. The number of hydrogen-bond donors (Lipinski definition) is 1. The van der Waals surface area contributed by atoms with Crippen LogP contribution in [-0.2, 0) is 9.53 Å². The average Bonchev–Trinajstić information content (AvgIpc) is 2.66. The first kappa shape index (κ1) is 12.8. The Kier molecular flexibility index (Phi) is 5.22. The maximum Gasteiger partial charge on any atom is 0.223 e. The van der Waals surface area contributed by atoms with E-state index in [9.17, 15) is 4.79 Å². The first-order chi connectivity index (χ1) is 8.36. The number of carbonyl (C=O) groups is 1. The zero-order valence-electron chi connectivity index (χ0n) is 10.5. The van der Waals surface area contributed by atoms with E-state index < -0.39 is 0 Å². The molecule has 0 bridgehead atoms. The van der Waals surface area contributed by atoms with E-state index in [-0.39, 0.29) is 0 Å². The summed E-state index contributed by atoms with van der Waals surface area (Å²) in [6, 6.07) is 0. The van der Waals surface area contributed by atoms with E-state index in [0.717, 1.165) is 65.4 Å². The fraction of sp³-hybridized carbons (Fsp3) is 0.917. The highest BCUT2D eigenvalue weighted by Gasteiger charge is 2.17. The largest absolute Gasteiger partial charge is 0.379 e. The minimum absolute atomic E-state index is 0.306. The zero-order valence-corrected chi connectivity index (χ0v) is 10.5. The van der Waals surface area contributed by atoms with Crippen molar-refractivity contribution in [2.75, 3.05) is 59.0 Å². The summed E-state index contributed by atoms with van der Waals surface area (Å²) in [5.74, 6) is 0.306. The van der Waals surface area contributed by atoms with E-state index in [2.05, 4.69) is 10.2 Å². The summed E-state index contributed by atoms with van der Waals surface area (Å²) in [7, 11) is 0. The van der Waals surface area contributed by atoms with Crippen LogP contribution in [0.2, 0.25) is 0 Å². The molecule has 0 radical (unpaired) electrons. The van der Waals surface area contributed by atoms with Crippen LogP contribution in [0.1, 0.15) is 12.8 Å². The van der Waals surface area contributed by atoms with Crippen LogP contribution < -0.4 is 5.32 Å². The molecule has 0 saturated carbocycles. The molecule has 0 aromatic heterocycles. The highest BCUT2D eigenvalue weighted by molar-refractivity contribution is 5.76.